The van der Waals surface area contributed by atoms with Crippen LogP contribution in [-0.4, -0.2) is 12.9 Å². The number of hydrogen-bond donors (Lipinski definition) is 0. The monoisotopic (exact) mass is 219 g/mol. The van der Waals surface area contributed by atoms with Crippen LogP contribution in [0.25, 0.3) is 0 Å². The predicted octanol–water partition coefficient (Wildman–Crippen LogP) is 3.24. The highest BCUT2D eigenvalue weighted by atomic mass is 32.2. The molecule has 0 heterocycles. The van der Waals surface area contributed by atoms with E-state index >= 15 is 0 Å². The lowest BCUT2D eigenvalue weighted by atomic mass is 10.2. The summed E-state index contributed by atoms with van der Waals surface area (Å²) >= 11 is 1.55. The minimum atomic E-state index is 0.503. The summed E-state index contributed by atoms with van der Waals surface area (Å²) in [4.78, 5) is 0.954. The van der Waals surface area contributed by atoms with Crippen molar-refractivity contribution in [2.75, 3.05) is 12.9 Å². The van der Waals surface area contributed by atoms with Gasteiger partial charge in [-0.3, -0.25) is 0 Å². The molecule has 15 heavy (non-hydrogen) atoms. The van der Waals surface area contributed by atoms with E-state index < -0.39 is 0 Å². The van der Waals surface area contributed by atoms with E-state index in [2.05, 4.69) is 6.07 Å². The molecule has 1 aromatic carbocycles. The molecule has 0 radical (unpaired) electrons. The van der Waals surface area contributed by atoms with E-state index in [-0.39, 0.29) is 0 Å². The standard InChI is InChI=1S/C12H13NOS/c1-3-4-8-14-11-6-5-7-12(15-2)10(11)9-13/h3-7H,8H2,1-2H3/b4-3+. The fourth-order valence-corrected chi connectivity index (χ4v) is 1.71. The van der Waals surface area contributed by atoms with Gasteiger partial charge in [-0.05, 0) is 25.3 Å². The number of ether oxygens (including phenoxy) is 1. The Morgan fingerprint density at radius 2 is 2.33 bits per heavy atom. The molecule has 0 atom stereocenters. The van der Waals surface area contributed by atoms with E-state index in [1.165, 1.54) is 0 Å². The zero-order valence-corrected chi connectivity index (χ0v) is 9.67. The van der Waals surface area contributed by atoms with Gasteiger partial charge in [0, 0.05) is 4.90 Å². The smallest absolute Gasteiger partial charge is 0.138 e. The van der Waals surface area contributed by atoms with E-state index in [1.807, 2.05) is 43.5 Å². The molecule has 0 amide bonds. The summed E-state index contributed by atoms with van der Waals surface area (Å²) in [6.07, 6.45) is 5.78. The first-order valence-corrected chi connectivity index (χ1v) is 5.87. The highest BCUT2D eigenvalue weighted by Crippen LogP contribution is 2.27. The SMILES string of the molecule is C/C=C/COc1cccc(SC)c1C#N. The second-order valence-corrected chi connectivity index (χ2v) is 3.67. The molecule has 3 heteroatoms. The number of rotatable bonds is 4. The van der Waals surface area contributed by atoms with Gasteiger partial charge in [0.2, 0.25) is 0 Å². The Morgan fingerprint density at radius 3 is 2.93 bits per heavy atom. The van der Waals surface area contributed by atoms with Crippen molar-refractivity contribution in [2.24, 2.45) is 0 Å². The Balaban J connectivity index is 2.92. The molecule has 0 N–H and O–H groups in total. The van der Waals surface area contributed by atoms with Crippen LogP contribution in [0.1, 0.15) is 12.5 Å². The van der Waals surface area contributed by atoms with E-state index in [1.54, 1.807) is 11.8 Å². The maximum absolute atomic E-state index is 9.03. The summed E-state index contributed by atoms with van der Waals surface area (Å²) in [5, 5.41) is 9.03. The lowest BCUT2D eigenvalue weighted by molar-refractivity contribution is 0.360. The minimum absolute atomic E-state index is 0.503. The van der Waals surface area contributed by atoms with Crippen LogP contribution >= 0.6 is 11.8 Å². The van der Waals surface area contributed by atoms with E-state index in [9.17, 15) is 0 Å². The van der Waals surface area contributed by atoms with Gasteiger partial charge < -0.3 is 4.74 Å². The highest BCUT2D eigenvalue weighted by Gasteiger charge is 2.07. The molecule has 78 valence electrons. The maximum Gasteiger partial charge on any atom is 0.138 e. The van der Waals surface area contributed by atoms with Gasteiger partial charge in [0.25, 0.3) is 0 Å². The van der Waals surface area contributed by atoms with Crippen LogP contribution in [-0.2, 0) is 0 Å². The molecule has 1 aromatic rings. The van der Waals surface area contributed by atoms with Crippen molar-refractivity contribution in [3.05, 3.63) is 35.9 Å². The van der Waals surface area contributed by atoms with Crippen molar-refractivity contribution in [3.8, 4) is 11.8 Å². The molecule has 0 aliphatic carbocycles. The first kappa shape index (κ1) is 11.7. The summed E-state index contributed by atoms with van der Waals surface area (Å²) in [5.41, 5.74) is 0.620. The molecule has 0 saturated carbocycles. The average molecular weight is 219 g/mol. The van der Waals surface area contributed by atoms with Gasteiger partial charge in [-0.2, -0.15) is 5.26 Å². The first-order valence-electron chi connectivity index (χ1n) is 4.64. The second-order valence-electron chi connectivity index (χ2n) is 2.83. The van der Waals surface area contributed by atoms with Gasteiger partial charge in [-0.1, -0.05) is 18.2 Å². The minimum Gasteiger partial charge on any atom is -0.488 e. The van der Waals surface area contributed by atoms with E-state index in [4.69, 9.17) is 10.00 Å². The summed E-state index contributed by atoms with van der Waals surface area (Å²) in [6, 6.07) is 7.82. The zero-order valence-electron chi connectivity index (χ0n) is 8.86. The van der Waals surface area contributed by atoms with Crippen LogP contribution in [0.5, 0.6) is 5.75 Å². The predicted molar refractivity (Wildman–Crippen MR) is 63.2 cm³/mol. The van der Waals surface area contributed by atoms with Crippen LogP contribution in [0.15, 0.2) is 35.2 Å². The molecule has 0 aromatic heterocycles. The molecule has 0 fully saturated rings. The van der Waals surface area contributed by atoms with Gasteiger partial charge in [0.05, 0.1) is 0 Å². The van der Waals surface area contributed by atoms with Crippen molar-refractivity contribution in [1.82, 2.24) is 0 Å². The molecular formula is C12H13NOS. The first-order chi connectivity index (χ1) is 7.33. The number of hydrogen-bond acceptors (Lipinski definition) is 3. The number of nitrogens with zero attached hydrogens (tertiary/aromatic N) is 1. The molecule has 0 saturated heterocycles. The lowest BCUT2D eigenvalue weighted by Gasteiger charge is -2.07. The van der Waals surface area contributed by atoms with Gasteiger partial charge in [-0.15, -0.1) is 11.8 Å². The highest BCUT2D eigenvalue weighted by molar-refractivity contribution is 7.98. The van der Waals surface area contributed by atoms with Crippen molar-refractivity contribution in [1.29, 1.82) is 5.26 Å². The molecule has 0 unspecified atom stereocenters. The normalized spacial score (nSPS) is 10.2. The number of thioether (sulfide) groups is 1. The van der Waals surface area contributed by atoms with Crippen molar-refractivity contribution in [3.63, 3.8) is 0 Å². The van der Waals surface area contributed by atoms with Crippen molar-refractivity contribution >= 4 is 11.8 Å². The average Bonchev–Trinajstić information content (AvgIpc) is 2.29. The molecule has 0 bridgehead atoms. The third-order valence-corrected chi connectivity index (χ3v) is 2.67. The van der Waals surface area contributed by atoms with Crippen molar-refractivity contribution in [2.45, 2.75) is 11.8 Å². The fraction of sp³-hybridized carbons (Fsp3) is 0.250. The van der Waals surface area contributed by atoms with E-state index in [0.717, 1.165) is 4.90 Å². The fourth-order valence-electron chi connectivity index (χ4n) is 1.15. The Hall–Kier alpha value is -1.40. The number of allylic oxidation sites excluding steroid dienone is 1. The van der Waals surface area contributed by atoms with Gasteiger partial charge in [-0.25, -0.2) is 0 Å². The molecule has 2 nitrogen and oxygen atoms in total. The topological polar surface area (TPSA) is 33.0 Å². The summed E-state index contributed by atoms with van der Waals surface area (Å²) < 4.78 is 5.49. The summed E-state index contributed by atoms with van der Waals surface area (Å²) in [5.74, 6) is 0.655. The van der Waals surface area contributed by atoms with Crippen LogP contribution < -0.4 is 4.74 Å². The largest absolute Gasteiger partial charge is 0.488 e. The zero-order chi connectivity index (χ0) is 11.1. The van der Waals surface area contributed by atoms with Gasteiger partial charge in [0.1, 0.15) is 24.0 Å². The maximum atomic E-state index is 9.03. The van der Waals surface area contributed by atoms with Gasteiger partial charge >= 0.3 is 0 Å². The van der Waals surface area contributed by atoms with Crippen LogP contribution in [0.2, 0.25) is 0 Å². The molecule has 1 rings (SSSR count). The van der Waals surface area contributed by atoms with Gasteiger partial charge in [0.15, 0.2) is 0 Å². The Bertz CT molecular complexity index is 393. The number of nitriles is 1. The summed E-state index contributed by atoms with van der Waals surface area (Å²) in [7, 11) is 0. The molecular weight excluding hydrogens is 206 g/mol. The third-order valence-electron chi connectivity index (χ3n) is 1.89. The molecule has 0 aliphatic heterocycles. The molecule has 0 spiro atoms. The lowest BCUT2D eigenvalue weighted by Crippen LogP contribution is -1.96. The van der Waals surface area contributed by atoms with Crippen LogP contribution in [0.4, 0.5) is 0 Å². The van der Waals surface area contributed by atoms with Crippen LogP contribution in [0, 0.1) is 11.3 Å². The Morgan fingerprint density at radius 1 is 1.53 bits per heavy atom. The quantitative estimate of drug-likeness (QED) is 0.575. The Labute approximate surface area is 94.6 Å². The number of benzene rings is 1. The summed E-state index contributed by atoms with van der Waals surface area (Å²) in [6.45, 7) is 2.44. The van der Waals surface area contributed by atoms with E-state index in [0.29, 0.717) is 17.9 Å². The molecule has 0 aliphatic rings. The van der Waals surface area contributed by atoms with Crippen molar-refractivity contribution < 1.29 is 4.74 Å². The second kappa shape index (κ2) is 6.15. The Kier molecular flexibility index (Phi) is 4.79. The van der Waals surface area contributed by atoms with Crippen LogP contribution in [0.3, 0.4) is 0 Å². The third kappa shape index (κ3) is 3.03.